The SMILES string of the molecule is Cc1ccc2nc(NC(=O)C(Sc3ccc(NC(=O)Nc4ccccc4)cc3)c3ccccc3)sc2c1. The van der Waals surface area contributed by atoms with Crippen molar-refractivity contribution in [3.8, 4) is 0 Å². The predicted molar refractivity (Wildman–Crippen MR) is 154 cm³/mol. The van der Waals surface area contributed by atoms with Gasteiger partial charge in [0.05, 0.1) is 10.2 Å². The standard InChI is InChI=1S/C29H24N4O2S2/c1-19-12-17-24-25(18-19)37-29(32-24)33-27(34)26(20-8-4-2-5-9-20)36-23-15-13-22(14-16-23)31-28(35)30-21-10-6-3-7-11-21/h2-18,26H,1H3,(H2,30,31,35)(H,32,33,34). The first kappa shape index (κ1) is 24.5. The maximum Gasteiger partial charge on any atom is 0.323 e. The predicted octanol–water partition coefficient (Wildman–Crippen LogP) is 7.72. The molecule has 5 aromatic rings. The van der Waals surface area contributed by atoms with E-state index in [0.29, 0.717) is 16.5 Å². The Morgan fingerprint density at radius 2 is 1.43 bits per heavy atom. The molecule has 0 saturated heterocycles. The molecule has 4 aromatic carbocycles. The number of rotatable bonds is 7. The first-order valence-electron chi connectivity index (χ1n) is 11.7. The van der Waals surface area contributed by atoms with Crippen LogP contribution < -0.4 is 16.0 Å². The van der Waals surface area contributed by atoms with Crippen LogP contribution in [0.1, 0.15) is 16.4 Å². The summed E-state index contributed by atoms with van der Waals surface area (Å²) in [4.78, 5) is 31.2. The molecule has 6 nitrogen and oxygen atoms in total. The van der Waals surface area contributed by atoms with E-state index in [1.165, 1.54) is 23.1 Å². The summed E-state index contributed by atoms with van der Waals surface area (Å²) < 4.78 is 1.04. The van der Waals surface area contributed by atoms with Gasteiger partial charge < -0.3 is 16.0 Å². The molecule has 8 heteroatoms. The molecule has 0 aliphatic heterocycles. The molecule has 1 heterocycles. The van der Waals surface area contributed by atoms with E-state index in [1.54, 1.807) is 0 Å². The Balaban J connectivity index is 1.29. The van der Waals surface area contributed by atoms with Crippen molar-refractivity contribution in [2.75, 3.05) is 16.0 Å². The van der Waals surface area contributed by atoms with Gasteiger partial charge in [-0.1, -0.05) is 65.9 Å². The van der Waals surface area contributed by atoms with Gasteiger partial charge in [-0.2, -0.15) is 0 Å². The number of thioether (sulfide) groups is 1. The summed E-state index contributed by atoms with van der Waals surface area (Å²) in [6.45, 7) is 2.04. The number of benzene rings is 4. The monoisotopic (exact) mass is 524 g/mol. The summed E-state index contributed by atoms with van der Waals surface area (Å²) in [5, 5.41) is 8.74. The van der Waals surface area contributed by atoms with E-state index in [1.807, 2.05) is 104 Å². The maximum atomic E-state index is 13.4. The smallest absolute Gasteiger partial charge is 0.308 e. The number of hydrogen-bond donors (Lipinski definition) is 3. The van der Waals surface area contributed by atoms with E-state index < -0.39 is 5.25 Å². The molecule has 0 aliphatic rings. The molecule has 3 N–H and O–H groups in total. The van der Waals surface area contributed by atoms with Crippen LogP contribution in [0.5, 0.6) is 0 Å². The molecule has 0 fully saturated rings. The van der Waals surface area contributed by atoms with E-state index in [4.69, 9.17) is 0 Å². The summed E-state index contributed by atoms with van der Waals surface area (Å²) in [7, 11) is 0. The van der Waals surface area contributed by atoms with Gasteiger partial charge in [-0.25, -0.2) is 9.78 Å². The number of aromatic nitrogens is 1. The fraction of sp³-hybridized carbons (Fsp3) is 0.0690. The highest BCUT2D eigenvalue weighted by Gasteiger charge is 2.23. The second-order valence-electron chi connectivity index (χ2n) is 8.36. The van der Waals surface area contributed by atoms with E-state index in [0.717, 1.165) is 26.2 Å². The van der Waals surface area contributed by atoms with Crippen LogP contribution in [-0.2, 0) is 4.79 Å². The summed E-state index contributed by atoms with van der Waals surface area (Å²) in [5.74, 6) is -0.142. The zero-order chi connectivity index (χ0) is 25.6. The van der Waals surface area contributed by atoms with Crippen molar-refractivity contribution >= 4 is 61.8 Å². The third-order valence-corrected chi connectivity index (χ3v) is 7.71. The Hall–Kier alpha value is -4.14. The molecule has 3 amide bonds. The molecule has 1 unspecified atom stereocenters. The lowest BCUT2D eigenvalue weighted by atomic mass is 10.1. The molecular weight excluding hydrogens is 500 g/mol. The van der Waals surface area contributed by atoms with Gasteiger partial charge in [-0.15, -0.1) is 11.8 Å². The lowest BCUT2D eigenvalue weighted by Crippen LogP contribution is -2.19. The van der Waals surface area contributed by atoms with Crippen LogP contribution in [0, 0.1) is 6.92 Å². The average molecular weight is 525 g/mol. The minimum absolute atomic E-state index is 0.142. The number of nitrogens with zero attached hydrogens (tertiary/aromatic N) is 1. The van der Waals surface area contributed by atoms with E-state index >= 15 is 0 Å². The van der Waals surface area contributed by atoms with E-state index in [2.05, 4.69) is 27.0 Å². The van der Waals surface area contributed by atoms with Crippen LogP contribution >= 0.6 is 23.1 Å². The van der Waals surface area contributed by atoms with Gasteiger partial charge in [0.1, 0.15) is 5.25 Å². The van der Waals surface area contributed by atoms with Crippen molar-refractivity contribution in [2.45, 2.75) is 17.1 Å². The van der Waals surface area contributed by atoms with Crippen LogP contribution in [0.25, 0.3) is 10.2 Å². The van der Waals surface area contributed by atoms with Crippen molar-refractivity contribution in [2.24, 2.45) is 0 Å². The first-order chi connectivity index (χ1) is 18.0. The third-order valence-electron chi connectivity index (χ3n) is 5.51. The fourth-order valence-corrected chi connectivity index (χ4v) is 5.72. The number of carbonyl (C=O) groups is 2. The number of amides is 3. The molecule has 37 heavy (non-hydrogen) atoms. The molecule has 0 aliphatic carbocycles. The number of carbonyl (C=O) groups excluding carboxylic acids is 2. The quantitative estimate of drug-likeness (QED) is 0.190. The highest BCUT2D eigenvalue weighted by molar-refractivity contribution is 8.00. The Kier molecular flexibility index (Phi) is 7.49. The highest BCUT2D eigenvalue weighted by atomic mass is 32.2. The van der Waals surface area contributed by atoms with Crippen molar-refractivity contribution in [3.63, 3.8) is 0 Å². The Labute approximate surface area is 223 Å². The van der Waals surface area contributed by atoms with Crippen molar-refractivity contribution in [1.82, 2.24) is 4.98 Å². The van der Waals surface area contributed by atoms with Crippen molar-refractivity contribution in [3.05, 3.63) is 114 Å². The Morgan fingerprint density at radius 1 is 0.784 bits per heavy atom. The van der Waals surface area contributed by atoms with Crippen LogP contribution in [-0.4, -0.2) is 16.9 Å². The number of para-hydroxylation sites is 1. The second-order valence-corrected chi connectivity index (χ2v) is 10.6. The Bertz CT molecular complexity index is 1520. The van der Waals surface area contributed by atoms with Gasteiger partial charge in [0.25, 0.3) is 0 Å². The normalized spacial score (nSPS) is 11.6. The summed E-state index contributed by atoms with van der Waals surface area (Å²) in [6, 6.07) is 32.1. The number of urea groups is 1. The molecule has 5 rings (SSSR count). The first-order valence-corrected chi connectivity index (χ1v) is 13.4. The minimum Gasteiger partial charge on any atom is -0.308 e. The third kappa shape index (κ3) is 6.35. The molecular formula is C29H24N4O2S2. The van der Waals surface area contributed by atoms with Gasteiger partial charge in [0.15, 0.2) is 5.13 Å². The van der Waals surface area contributed by atoms with Gasteiger partial charge in [-0.05, 0) is 66.6 Å². The minimum atomic E-state index is -0.477. The number of anilines is 3. The van der Waals surface area contributed by atoms with Crippen LogP contribution in [0.15, 0.2) is 108 Å². The fourth-order valence-electron chi connectivity index (χ4n) is 3.72. The lowest BCUT2D eigenvalue weighted by Gasteiger charge is -2.16. The van der Waals surface area contributed by atoms with Crippen LogP contribution in [0.3, 0.4) is 0 Å². The largest absolute Gasteiger partial charge is 0.323 e. The van der Waals surface area contributed by atoms with Gasteiger partial charge in [0, 0.05) is 16.3 Å². The molecule has 0 radical (unpaired) electrons. The molecule has 1 aromatic heterocycles. The van der Waals surface area contributed by atoms with Gasteiger partial charge >= 0.3 is 6.03 Å². The lowest BCUT2D eigenvalue weighted by molar-refractivity contribution is -0.115. The van der Waals surface area contributed by atoms with Crippen LogP contribution in [0.2, 0.25) is 0 Å². The van der Waals surface area contributed by atoms with E-state index in [9.17, 15) is 9.59 Å². The summed E-state index contributed by atoms with van der Waals surface area (Å²) in [6.07, 6.45) is 0. The second kappa shape index (κ2) is 11.3. The topological polar surface area (TPSA) is 83.1 Å². The number of aryl methyl sites for hydroxylation is 1. The average Bonchev–Trinajstić information content (AvgIpc) is 3.30. The zero-order valence-corrected chi connectivity index (χ0v) is 21.6. The summed E-state index contributed by atoms with van der Waals surface area (Å²) in [5.41, 5.74) is 4.29. The molecule has 0 spiro atoms. The molecule has 184 valence electrons. The van der Waals surface area contributed by atoms with Gasteiger partial charge in [-0.3, -0.25) is 4.79 Å². The number of hydrogen-bond acceptors (Lipinski definition) is 5. The zero-order valence-electron chi connectivity index (χ0n) is 20.0. The summed E-state index contributed by atoms with van der Waals surface area (Å²) >= 11 is 2.91. The van der Waals surface area contributed by atoms with Crippen LogP contribution in [0.4, 0.5) is 21.3 Å². The molecule has 1 atom stereocenters. The number of fused-ring (bicyclic) bond motifs is 1. The van der Waals surface area contributed by atoms with E-state index in [-0.39, 0.29) is 11.9 Å². The highest BCUT2D eigenvalue weighted by Crippen LogP contribution is 2.37. The number of nitrogens with one attached hydrogen (secondary N) is 3. The number of thiazole rings is 1. The van der Waals surface area contributed by atoms with Crippen molar-refractivity contribution < 1.29 is 9.59 Å². The van der Waals surface area contributed by atoms with Gasteiger partial charge in [0.2, 0.25) is 5.91 Å². The maximum absolute atomic E-state index is 13.4. The molecule has 0 bridgehead atoms. The molecule has 0 saturated carbocycles. The van der Waals surface area contributed by atoms with Crippen molar-refractivity contribution in [1.29, 1.82) is 0 Å². The Morgan fingerprint density at radius 3 is 2.14 bits per heavy atom.